The van der Waals surface area contributed by atoms with E-state index in [1.807, 2.05) is 0 Å². The lowest BCUT2D eigenvalue weighted by molar-refractivity contribution is -0.142. The van der Waals surface area contributed by atoms with Gasteiger partial charge in [0.15, 0.2) is 0 Å². The van der Waals surface area contributed by atoms with Crippen LogP contribution in [-0.4, -0.2) is 71.7 Å². The Bertz CT molecular complexity index is 1220. The van der Waals surface area contributed by atoms with Crippen LogP contribution >= 0.6 is 0 Å². The van der Waals surface area contributed by atoms with Gasteiger partial charge in [0.1, 0.15) is 11.5 Å². The summed E-state index contributed by atoms with van der Waals surface area (Å²) >= 11 is 0. The minimum absolute atomic E-state index is 0.0975. The van der Waals surface area contributed by atoms with E-state index in [1.165, 1.54) is 50.2 Å². The largest absolute Gasteiger partial charge is 0.466 e. The molecule has 0 aliphatic carbocycles. The average molecular weight is 508 g/mol. The minimum atomic E-state index is -0.479. The fourth-order valence-corrected chi connectivity index (χ4v) is 4.09. The lowest BCUT2D eigenvalue weighted by Gasteiger charge is -2.13. The van der Waals surface area contributed by atoms with E-state index < -0.39 is 35.6 Å². The summed E-state index contributed by atoms with van der Waals surface area (Å²) in [6.07, 6.45) is 0.633. The molecule has 0 N–H and O–H groups in total. The molecule has 2 heterocycles. The summed E-state index contributed by atoms with van der Waals surface area (Å²) in [5.74, 6) is -2.16. The Balaban J connectivity index is 1.43. The van der Waals surface area contributed by atoms with E-state index in [1.54, 1.807) is 0 Å². The summed E-state index contributed by atoms with van der Waals surface area (Å²) in [6, 6.07) is 8.95. The zero-order chi connectivity index (χ0) is 26.7. The van der Waals surface area contributed by atoms with E-state index >= 15 is 0 Å². The van der Waals surface area contributed by atoms with Gasteiger partial charge in [-0.25, -0.2) is 0 Å². The smallest absolute Gasteiger partial charge is 0.302 e. The number of imide groups is 2. The Morgan fingerprint density at radius 1 is 0.622 bits per heavy atom. The second-order valence-corrected chi connectivity index (χ2v) is 8.43. The lowest BCUT2D eigenvalue weighted by Crippen LogP contribution is -2.31. The number of rotatable bonds is 10. The van der Waals surface area contributed by atoms with Gasteiger partial charge in [0.25, 0.3) is 23.6 Å². The third-order valence-electron chi connectivity index (χ3n) is 5.78. The fourth-order valence-electron chi connectivity index (χ4n) is 4.09. The molecule has 4 amide bonds. The second kappa shape index (κ2) is 10.6. The number of nitrogens with zero attached hydrogens (tertiary/aromatic N) is 2. The van der Waals surface area contributed by atoms with Crippen LogP contribution in [0.1, 0.15) is 68.1 Å². The molecule has 0 saturated carbocycles. The molecule has 2 aromatic rings. The summed E-state index contributed by atoms with van der Waals surface area (Å²) in [7, 11) is 0. The number of ether oxygens (including phenoxy) is 3. The molecule has 0 spiro atoms. The molecule has 2 aliphatic heterocycles. The van der Waals surface area contributed by atoms with Gasteiger partial charge in [-0.1, -0.05) is 0 Å². The highest BCUT2D eigenvalue weighted by Crippen LogP contribution is 2.32. The van der Waals surface area contributed by atoms with Gasteiger partial charge in [-0.2, -0.15) is 0 Å². The monoisotopic (exact) mass is 508 g/mol. The molecule has 11 heteroatoms. The number of hydrogen-bond donors (Lipinski definition) is 0. The molecule has 0 saturated heterocycles. The quantitative estimate of drug-likeness (QED) is 0.269. The summed E-state index contributed by atoms with van der Waals surface area (Å²) in [5.41, 5.74) is 0.843. The van der Waals surface area contributed by atoms with Crippen LogP contribution in [0.2, 0.25) is 0 Å². The Labute approximate surface area is 211 Å². The number of benzene rings is 2. The van der Waals surface area contributed by atoms with Gasteiger partial charge in [-0.15, -0.1) is 0 Å². The highest BCUT2D eigenvalue weighted by Gasteiger charge is 2.37. The van der Waals surface area contributed by atoms with Crippen molar-refractivity contribution >= 4 is 35.6 Å². The van der Waals surface area contributed by atoms with E-state index in [0.29, 0.717) is 12.8 Å². The van der Waals surface area contributed by atoms with Crippen molar-refractivity contribution in [2.75, 3.05) is 26.3 Å². The summed E-state index contributed by atoms with van der Waals surface area (Å²) in [4.78, 5) is 74.7. The van der Waals surface area contributed by atoms with Crippen molar-refractivity contribution < 1.29 is 43.0 Å². The third-order valence-corrected chi connectivity index (χ3v) is 5.78. The maximum atomic E-state index is 12.8. The molecule has 0 unspecified atom stereocenters. The predicted octanol–water partition coefficient (Wildman–Crippen LogP) is 2.58. The minimum Gasteiger partial charge on any atom is -0.466 e. The van der Waals surface area contributed by atoms with Crippen LogP contribution in [0.5, 0.6) is 11.5 Å². The van der Waals surface area contributed by atoms with E-state index in [0.717, 1.165) is 9.80 Å². The van der Waals surface area contributed by atoms with E-state index in [-0.39, 0.29) is 60.1 Å². The fraction of sp³-hybridized carbons (Fsp3) is 0.308. The van der Waals surface area contributed by atoms with Crippen molar-refractivity contribution in [3.8, 4) is 11.5 Å². The van der Waals surface area contributed by atoms with Crippen LogP contribution in [0.3, 0.4) is 0 Å². The zero-order valence-electron chi connectivity index (χ0n) is 20.3. The molecule has 2 aromatic carbocycles. The second-order valence-electron chi connectivity index (χ2n) is 8.43. The van der Waals surface area contributed by atoms with Crippen LogP contribution in [0.15, 0.2) is 36.4 Å². The van der Waals surface area contributed by atoms with Crippen molar-refractivity contribution in [1.82, 2.24) is 9.80 Å². The van der Waals surface area contributed by atoms with Crippen molar-refractivity contribution in [2.45, 2.75) is 26.7 Å². The van der Waals surface area contributed by atoms with Crippen molar-refractivity contribution in [2.24, 2.45) is 0 Å². The van der Waals surface area contributed by atoms with Crippen LogP contribution in [0.4, 0.5) is 0 Å². The summed E-state index contributed by atoms with van der Waals surface area (Å²) < 4.78 is 15.5. The van der Waals surface area contributed by atoms with Gasteiger partial charge in [0, 0.05) is 26.9 Å². The summed E-state index contributed by atoms with van der Waals surface area (Å²) in [5, 5.41) is 0. The highest BCUT2D eigenvalue weighted by atomic mass is 16.5. The molecule has 0 radical (unpaired) electrons. The maximum absolute atomic E-state index is 12.8. The van der Waals surface area contributed by atoms with Crippen molar-refractivity contribution in [1.29, 1.82) is 0 Å². The maximum Gasteiger partial charge on any atom is 0.302 e. The topological polar surface area (TPSA) is 137 Å². The molecule has 2 aliphatic rings. The van der Waals surface area contributed by atoms with Gasteiger partial charge in [-0.05, 0) is 49.2 Å². The number of fused-ring (bicyclic) bond motifs is 2. The Kier molecular flexibility index (Phi) is 7.32. The molecule has 37 heavy (non-hydrogen) atoms. The first-order chi connectivity index (χ1) is 17.7. The molecule has 4 rings (SSSR count). The van der Waals surface area contributed by atoms with Gasteiger partial charge in [0.2, 0.25) is 0 Å². The van der Waals surface area contributed by atoms with Gasteiger partial charge < -0.3 is 14.2 Å². The van der Waals surface area contributed by atoms with Crippen LogP contribution < -0.4 is 4.74 Å². The van der Waals surface area contributed by atoms with E-state index in [4.69, 9.17) is 14.2 Å². The van der Waals surface area contributed by atoms with E-state index in [9.17, 15) is 28.8 Å². The Hall–Kier alpha value is -4.54. The first-order valence-electron chi connectivity index (χ1n) is 11.6. The zero-order valence-corrected chi connectivity index (χ0v) is 20.3. The van der Waals surface area contributed by atoms with E-state index in [2.05, 4.69) is 0 Å². The highest BCUT2D eigenvalue weighted by molar-refractivity contribution is 6.22. The first-order valence-corrected chi connectivity index (χ1v) is 11.6. The molecule has 11 nitrogen and oxygen atoms in total. The SMILES string of the molecule is CC(=O)OCCCN1C(=O)c2ccc(Oc3ccc4c(c3)C(=O)N(CCCOC(C)=O)C4=O)cc2C1=O. The molecule has 0 bridgehead atoms. The van der Waals surface area contributed by atoms with Crippen molar-refractivity contribution in [3.63, 3.8) is 0 Å². The molecule has 0 fully saturated rings. The molecular formula is C26H24N2O9. The Morgan fingerprint density at radius 3 is 1.38 bits per heavy atom. The number of hydrogen-bond acceptors (Lipinski definition) is 9. The molecular weight excluding hydrogens is 484 g/mol. The number of carbonyl (C=O) groups excluding carboxylic acids is 6. The van der Waals surface area contributed by atoms with Crippen LogP contribution in [-0.2, 0) is 19.1 Å². The molecule has 192 valence electrons. The first kappa shape index (κ1) is 25.5. The Morgan fingerprint density at radius 2 is 1.00 bits per heavy atom. The van der Waals surface area contributed by atoms with Gasteiger partial charge in [0.05, 0.1) is 35.5 Å². The number of amides is 4. The van der Waals surface area contributed by atoms with Gasteiger partial charge in [-0.3, -0.25) is 38.6 Å². The normalized spacial score (nSPS) is 14.1. The van der Waals surface area contributed by atoms with Gasteiger partial charge >= 0.3 is 11.9 Å². The standard InChI is InChI=1S/C26H24N2O9/c1-15(29)35-11-3-9-27-23(31)19-7-5-17(13-21(19)25(27)33)37-18-6-8-20-22(14-18)26(34)28(24(20)32)10-4-12-36-16(2)30/h5-8,13-14H,3-4,9-12H2,1-2H3. The average Bonchev–Trinajstić information content (AvgIpc) is 3.23. The molecule has 0 aromatic heterocycles. The number of carbonyl (C=O) groups is 6. The number of esters is 2. The lowest BCUT2D eigenvalue weighted by atomic mass is 10.1. The molecule has 0 atom stereocenters. The van der Waals surface area contributed by atoms with Crippen molar-refractivity contribution in [3.05, 3.63) is 58.7 Å². The third kappa shape index (κ3) is 5.35. The summed E-state index contributed by atoms with van der Waals surface area (Å²) in [6.45, 7) is 2.97. The predicted molar refractivity (Wildman–Crippen MR) is 126 cm³/mol. The van der Waals surface area contributed by atoms with Crippen LogP contribution in [0.25, 0.3) is 0 Å². The van der Waals surface area contributed by atoms with Crippen LogP contribution in [0, 0.1) is 0 Å².